The predicted octanol–water partition coefficient (Wildman–Crippen LogP) is 1.70. The molecule has 1 saturated carbocycles. The van der Waals surface area contributed by atoms with Crippen molar-refractivity contribution in [2.75, 3.05) is 25.9 Å². The number of aromatic nitrogens is 2. The second-order valence-corrected chi connectivity index (χ2v) is 6.80. The van der Waals surface area contributed by atoms with Crippen molar-refractivity contribution in [3.05, 3.63) is 28.3 Å². The summed E-state index contributed by atoms with van der Waals surface area (Å²) in [6.45, 7) is 4.28. The second-order valence-electron chi connectivity index (χ2n) is 6.80. The topological polar surface area (TPSA) is 107 Å². The van der Waals surface area contributed by atoms with Crippen LogP contribution in [-0.4, -0.2) is 46.0 Å². The highest BCUT2D eigenvalue weighted by molar-refractivity contribution is 5.90. The lowest BCUT2D eigenvalue weighted by atomic mass is 10.2. The summed E-state index contributed by atoms with van der Waals surface area (Å²) in [7, 11) is 2.14. The van der Waals surface area contributed by atoms with E-state index in [1.807, 2.05) is 6.92 Å². The summed E-state index contributed by atoms with van der Waals surface area (Å²) in [4.78, 5) is 21.3. The fourth-order valence-electron chi connectivity index (χ4n) is 4.01. The van der Waals surface area contributed by atoms with Crippen molar-refractivity contribution >= 4 is 22.4 Å². The van der Waals surface area contributed by atoms with E-state index in [9.17, 15) is 10.1 Å². The van der Waals surface area contributed by atoms with Crippen molar-refractivity contribution in [2.24, 2.45) is 17.8 Å². The van der Waals surface area contributed by atoms with Gasteiger partial charge in [-0.2, -0.15) is 9.97 Å². The summed E-state index contributed by atoms with van der Waals surface area (Å²) >= 11 is 0. The van der Waals surface area contributed by atoms with Crippen LogP contribution in [0, 0.1) is 27.9 Å². The molecule has 8 heteroatoms. The largest absolute Gasteiger partial charge is 0.460 e. The number of likely N-dealkylation sites (tertiary alicyclic amines) is 1. The van der Waals surface area contributed by atoms with Crippen molar-refractivity contribution in [1.82, 2.24) is 14.9 Å². The van der Waals surface area contributed by atoms with Crippen molar-refractivity contribution in [3.63, 3.8) is 0 Å². The molecule has 0 spiro atoms. The smallest absolute Gasteiger partial charge is 0.319 e. The van der Waals surface area contributed by atoms with E-state index in [-0.39, 0.29) is 23.6 Å². The maximum Gasteiger partial charge on any atom is 0.319 e. The summed E-state index contributed by atoms with van der Waals surface area (Å²) in [5, 5.41) is 11.3. The number of benzene rings is 1. The first-order chi connectivity index (χ1) is 11.4. The Morgan fingerprint density at radius 2 is 2.08 bits per heavy atom. The molecule has 24 heavy (non-hydrogen) atoms. The van der Waals surface area contributed by atoms with E-state index in [0.717, 1.165) is 13.1 Å². The minimum absolute atomic E-state index is 0.0311. The predicted molar refractivity (Wildman–Crippen MR) is 88.7 cm³/mol. The Morgan fingerprint density at radius 1 is 1.38 bits per heavy atom. The zero-order chi connectivity index (χ0) is 17.0. The van der Waals surface area contributed by atoms with E-state index in [0.29, 0.717) is 28.7 Å². The number of non-ortho nitro benzene ring substituents is 1. The molecule has 1 aliphatic heterocycles. The van der Waals surface area contributed by atoms with Gasteiger partial charge in [0.05, 0.1) is 10.4 Å². The Kier molecular flexibility index (Phi) is 3.31. The molecule has 8 nitrogen and oxygen atoms in total. The number of piperidine rings is 1. The van der Waals surface area contributed by atoms with Gasteiger partial charge in [0.1, 0.15) is 11.9 Å². The summed E-state index contributed by atoms with van der Waals surface area (Å²) in [6, 6.07) is 4.60. The fourth-order valence-corrected chi connectivity index (χ4v) is 4.01. The number of fused-ring (bicyclic) bond motifs is 2. The van der Waals surface area contributed by atoms with Crippen LogP contribution >= 0.6 is 0 Å². The first kappa shape index (κ1) is 15.1. The van der Waals surface area contributed by atoms with Crippen LogP contribution in [0.2, 0.25) is 0 Å². The van der Waals surface area contributed by atoms with Gasteiger partial charge in [0.2, 0.25) is 0 Å². The SMILES string of the molecule is CC(Oc1nc(N)c2cc([N+](=O)[O-])ccc2n1)C1C2CN(C)CC21. The number of anilines is 1. The molecule has 2 aromatic rings. The van der Waals surface area contributed by atoms with Crippen LogP contribution < -0.4 is 10.5 Å². The third kappa shape index (κ3) is 2.43. The molecule has 1 aromatic heterocycles. The highest BCUT2D eigenvalue weighted by Crippen LogP contribution is 2.53. The number of nitrogens with zero attached hydrogens (tertiary/aromatic N) is 4. The minimum Gasteiger partial charge on any atom is -0.460 e. The van der Waals surface area contributed by atoms with Gasteiger partial charge in [0.15, 0.2) is 0 Å². The zero-order valence-electron chi connectivity index (χ0n) is 13.5. The number of ether oxygens (including phenoxy) is 1. The molecule has 0 bridgehead atoms. The van der Waals surface area contributed by atoms with E-state index in [1.165, 1.54) is 12.1 Å². The lowest BCUT2D eigenvalue weighted by molar-refractivity contribution is -0.384. The van der Waals surface area contributed by atoms with Gasteiger partial charge in [-0.1, -0.05) is 0 Å². The molecule has 0 amide bonds. The first-order valence-electron chi connectivity index (χ1n) is 8.01. The molecule has 3 atom stereocenters. The lowest BCUT2D eigenvalue weighted by Gasteiger charge is -2.18. The van der Waals surface area contributed by atoms with Crippen LogP contribution in [0.5, 0.6) is 6.01 Å². The molecule has 2 fully saturated rings. The quantitative estimate of drug-likeness (QED) is 0.672. The summed E-state index contributed by atoms with van der Waals surface area (Å²) in [5.41, 5.74) is 6.46. The van der Waals surface area contributed by atoms with Crippen molar-refractivity contribution in [3.8, 4) is 6.01 Å². The van der Waals surface area contributed by atoms with Crippen molar-refractivity contribution in [2.45, 2.75) is 13.0 Å². The molecule has 1 saturated heterocycles. The molecule has 126 valence electrons. The second kappa shape index (κ2) is 5.27. The average molecular weight is 329 g/mol. The number of hydrogen-bond acceptors (Lipinski definition) is 7. The number of rotatable bonds is 4. The molecular weight excluding hydrogens is 310 g/mol. The molecular formula is C16H19N5O3. The van der Waals surface area contributed by atoms with Gasteiger partial charge in [0, 0.05) is 36.5 Å². The molecule has 4 rings (SSSR count). The minimum atomic E-state index is -0.464. The molecule has 3 unspecified atom stereocenters. The third-order valence-corrected chi connectivity index (χ3v) is 5.18. The van der Waals surface area contributed by atoms with E-state index >= 15 is 0 Å². The standard InChI is InChI=1S/C16H19N5O3/c1-8(14-11-6-20(2)7-12(11)14)24-16-18-13-4-3-9(21(22)23)5-10(13)15(17)19-16/h3-5,8,11-12,14H,6-7H2,1-2H3,(H2,17,18,19). The van der Waals surface area contributed by atoms with E-state index < -0.39 is 4.92 Å². The van der Waals surface area contributed by atoms with Gasteiger partial charge in [-0.05, 0) is 31.9 Å². The van der Waals surface area contributed by atoms with E-state index in [1.54, 1.807) is 6.07 Å². The first-order valence-corrected chi connectivity index (χ1v) is 8.01. The number of nitro groups is 1. The fraction of sp³-hybridized carbons (Fsp3) is 0.500. The molecule has 2 heterocycles. The number of nitro benzene ring substituents is 1. The third-order valence-electron chi connectivity index (χ3n) is 5.18. The van der Waals surface area contributed by atoms with Gasteiger partial charge >= 0.3 is 6.01 Å². The monoisotopic (exact) mass is 329 g/mol. The summed E-state index contributed by atoms with van der Waals surface area (Å²) in [5.74, 6) is 2.14. The highest BCUT2D eigenvalue weighted by atomic mass is 16.6. The van der Waals surface area contributed by atoms with Crippen LogP contribution in [0.25, 0.3) is 10.9 Å². The Morgan fingerprint density at radius 3 is 2.75 bits per heavy atom. The Balaban J connectivity index is 1.55. The Bertz CT molecular complexity index is 815. The number of nitrogen functional groups attached to an aromatic ring is 1. The normalized spacial score (nSPS) is 27.0. The summed E-state index contributed by atoms with van der Waals surface area (Å²) < 4.78 is 5.92. The van der Waals surface area contributed by atoms with Crippen LogP contribution in [-0.2, 0) is 0 Å². The zero-order valence-corrected chi connectivity index (χ0v) is 13.5. The van der Waals surface area contributed by atoms with Crippen LogP contribution in [0.1, 0.15) is 6.92 Å². The van der Waals surface area contributed by atoms with Crippen LogP contribution in [0.15, 0.2) is 18.2 Å². The van der Waals surface area contributed by atoms with Crippen LogP contribution in [0.4, 0.5) is 11.5 Å². The Labute approximate surface area is 138 Å². The van der Waals surface area contributed by atoms with Crippen molar-refractivity contribution < 1.29 is 9.66 Å². The van der Waals surface area contributed by atoms with Gasteiger partial charge in [-0.3, -0.25) is 10.1 Å². The highest BCUT2D eigenvalue weighted by Gasteiger charge is 2.57. The van der Waals surface area contributed by atoms with E-state index in [2.05, 4.69) is 21.9 Å². The molecule has 1 aromatic carbocycles. The molecule has 0 radical (unpaired) electrons. The maximum absolute atomic E-state index is 10.9. The van der Waals surface area contributed by atoms with Crippen LogP contribution in [0.3, 0.4) is 0 Å². The molecule has 2 aliphatic rings. The van der Waals surface area contributed by atoms with E-state index in [4.69, 9.17) is 10.5 Å². The van der Waals surface area contributed by atoms with Gasteiger partial charge in [-0.25, -0.2) is 0 Å². The maximum atomic E-state index is 10.9. The van der Waals surface area contributed by atoms with Gasteiger partial charge in [0.25, 0.3) is 5.69 Å². The van der Waals surface area contributed by atoms with Crippen molar-refractivity contribution in [1.29, 1.82) is 0 Å². The summed E-state index contributed by atoms with van der Waals surface area (Å²) in [6.07, 6.45) is 0.0311. The molecule has 2 N–H and O–H groups in total. The van der Waals surface area contributed by atoms with Gasteiger partial charge < -0.3 is 15.4 Å². The number of hydrogen-bond donors (Lipinski definition) is 1. The Hall–Kier alpha value is -2.48. The lowest BCUT2D eigenvalue weighted by Crippen LogP contribution is -2.26. The van der Waals surface area contributed by atoms with Gasteiger partial charge in [-0.15, -0.1) is 0 Å². The molecule has 1 aliphatic carbocycles. The average Bonchev–Trinajstić information content (AvgIpc) is 3.04. The number of nitrogens with two attached hydrogens (primary N) is 1.